The molecule has 0 saturated heterocycles. The number of thiophene rings is 1. The molecular formula is C20H25NO3S. The van der Waals surface area contributed by atoms with Crippen molar-refractivity contribution in [1.82, 2.24) is 4.90 Å². The van der Waals surface area contributed by atoms with Crippen LogP contribution in [-0.2, 0) is 11.2 Å². The van der Waals surface area contributed by atoms with Gasteiger partial charge in [0, 0.05) is 25.9 Å². The van der Waals surface area contributed by atoms with E-state index in [9.17, 15) is 9.90 Å². The maximum Gasteiger partial charge on any atom is 0.223 e. The van der Waals surface area contributed by atoms with Gasteiger partial charge in [0.1, 0.15) is 11.5 Å². The predicted molar refractivity (Wildman–Crippen MR) is 98.4 cm³/mol. The van der Waals surface area contributed by atoms with Gasteiger partial charge in [-0.3, -0.25) is 4.79 Å². The quantitative estimate of drug-likeness (QED) is 0.879. The van der Waals surface area contributed by atoms with Crippen LogP contribution in [0.4, 0.5) is 0 Å². The van der Waals surface area contributed by atoms with Crippen molar-refractivity contribution in [2.75, 3.05) is 7.05 Å². The number of aliphatic hydroxyl groups is 1. The number of nitrogens with zero attached hydrogens (tertiary/aromatic N) is 1. The van der Waals surface area contributed by atoms with Crippen molar-refractivity contribution >= 4 is 17.2 Å². The van der Waals surface area contributed by atoms with Crippen molar-refractivity contribution in [3.63, 3.8) is 0 Å². The second-order valence-electron chi connectivity index (χ2n) is 7.52. The lowest BCUT2D eigenvalue weighted by Crippen LogP contribution is -2.36. The number of aliphatic hydroxyl groups excluding tert-OH is 1. The largest absolute Gasteiger partial charge is 0.460 e. The molecule has 0 radical (unpaired) electrons. The molecule has 1 amide bonds. The van der Waals surface area contributed by atoms with E-state index in [1.54, 1.807) is 11.3 Å². The molecule has 1 N–H and O–H groups in total. The smallest absolute Gasteiger partial charge is 0.223 e. The van der Waals surface area contributed by atoms with E-state index in [1.807, 2.05) is 41.6 Å². The third-order valence-electron chi connectivity index (χ3n) is 5.92. The molecule has 0 bridgehead atoms. The molecule has 0 aliphatic heterocycles. The van der Waals surface area contributed by atoms with Crippen molar-refractivity contribution < 1.29 is 14.3 Å². The summed E-state index contributed by atoms with van der Waals surface area (Å²) in [4.78, 5) is 15.6. The van der Waals surface area contributed by atoms with Crippen LogP contribution < -0.4 is 0 Å². The van der Waals surface area contributed by atoms with Gasteiger partial charge < -0.3 is 14.4 Å². The maximum absolute atomic E-state index is 12.6. The van der Waals surface area contributed by atoms with Crippen LogP contribution in [0.5, 0.6) is 0 Å². The summed E-state index contributed by atoms with van der Waals surface area (Å²) in [5.74, 6) is 3.16. The highest BCUT2D eigenvalue weighted by atomic mass is 32.1. The summed E-state index contributed by atoms with van der Waals surface area (Å²) in [6.07, 6.45) is 4.95. The molecule has 0 aromatic carbocycles. The number of fused-ring (bicyclic) bond motifs is 1. The number of hydrogen-bond acceptors (Lipinski definition) is 4. The Morgan fingerprint density at radius 1 is 1.24 bits per heavy atom. The summed E-state index contributed by atoms with van der Waals surface area (Å²) in [6, 6.07) is 8.35. The normalized spacial score (nSPS) is 28.2. The Labute approximate surface area is 152 Å². The van der Waals surface area contributed by atoms with Crippen molar-refractivity contribution in [3.05, 3.63) is 35.4 Å². The summed E-state index contributed by atoms with van der Waals surface area (Å²) in [5.41, 5.74) is 0. The molecule has 2 aliphatic rings. The lowest BCUT2D eigenvalue weighted by molar-refractivity contribution is -0.132. The van der Waals surface area contributed by atoms with Gasteiger partial charge in [0.05, 0.1) is 11.0 Å². The van der Waals surface area contributed by atoms with Gasteiger partial charge in [-0.25, -0.2) is 0 Å². The van der Waals surface area contributed by atoms with Gasteiger partial charge >= 0.3 is 0 Å². The highest BCUT2D eigenvalue weighted by molar-refractivity contribution is 7.13. The van der Waals surface area contributed by atoms with Crippen molar-refractivity contribution in [2.45, 2.75) is 50.7 Å². The zero-order valence-electron chi connectivity index (χ0n) is 14.6. The van der Waals surface area contributed by atoms with E-state index in [2.05, 4.69) is 0 Å². The van der Waals surface area contributed by atoms with Gasteiger partial charge in [-0.15, -0.1) is 11.3 Å². The van der Waals surface area contributed by atoms with Crippen LogP contribution in [0.3, 0.4) is 0 Å². The van der Waals surface area contributed by atoms with E-state index in [4.69, 9.17) is 4.42 Å². The Balaban J connectivity index is 1.29. The zero-order valence-corrected chi connectivity index (χ0v) is 15.4. The van der Waals surface area contributed by atoms with Crippen LogP contribution in [-0.4, -0.2) is 35.1 Å². The number of amides is 1. The molecule has 4 atom stereocenters. The number of carbonyl (C=O) groups excluding carboxylic acids is 1. The third-order valence-corrected chi connectivity index (χ3v) is 6.80. The van der Waals surface area contributed by atoms with E-state index in [-0.39, 0.29) is 12.0 Å². The molecule has 2 unspecified atom stereocenters. The van der Waals surface area contributed by atoms with Crippen LogP contribution in [0, 0.1) is 11.8 Å². The summed E-state index contributed by atoms with van der Waals surface area (Å²) >= 11 is 1.66. The molecule has 2 aliphatic carbocycles. The van der Waals surface area contributed by atoms with Gasteiger partial charge in [-0.2, -0.15) is 0 Å². The first-order valence-corrected chi connectivity index (χ1v) is 10.0. The minimum Gasteiger partial charge on any atom is -0.460 e. The van der Waals surface area contributed by atoms with Crippen molar-refractivity contribution in [1.29, 1.82) is 0 Å². The van der Waals surface area contributed by atoms with Crippen LogP contribution in [0.2, 0.25) is 0 Å². The van der Waals surface area contributed by atoms with Crippen LogP contribution in [0.25, 0.3) is 10.6 Å². The molecule has 2 heterocycles. The van der Waals surface area contributed by atoms with Crippen LogP contribution >= 0.6 is 11.3 Å². The third kappa shape index (κ3) is 3.53. The Morgan fingerprint density at radius 2 is 2.00 bits per heavy atom. The molecule has 4 nitrogen and oxygen atoms in total. The number of rotatable bonds is 5. The zero-order chi connectivity index (χ0) is 17.4. The first-order valence-electron chi connectivity index (χ1n) is 9.16. The first-order chi connectivity index (χ1) is 12.1. The Hall–Kier alpha value is -1.59. The molecule has 5 heteroatoms. The molecular weight excluding hydrogens is 334 g/mol. The van der Waals surface area contributed by atoms with E-state index >= 15 is 0 Å². The topological polar surface area (TPSA) is 53.7 Å². The monoisotopic (exact) mass is 359 g/mol. The summed E-state index contributed by atoms with van der Waals surface area (Å²) in [7, 11) is 1.93. The lowest BCUT2D eigenvalue weighted by atomic mass is 10.0. The number of aryl methyl sites for hydroxylation is 1. The fraction of sp³-hybridized carbons (Fsp3) is 0.550. The first kappa shape index (κ1) is 16.9. The molecule has 2 saturated carbocycles. The summed E-state index contributed by atoms with van der Waals surface area (Å²) < 4.78 is 5.87. The van der Waals surface area contributed by atoms with Gasteiger partial charge in [-0.05, 0) is 61.1 Å². The van der Waals surface area contributed by atoms with Crippen LogP contribution in [0.1, 0.15) is 37.9 Å². The number of hydrogen-bond donors (Lipinski definition) is 1. The Kier molecular flexibility index (Phi) is 4.69. The Morgan fingerprint density at radius 3 is 2.68 bits per heavy atom. The van der Waals surface area contributed by atoms with Crippen molar-refractivity contribution in [2.24, 2.45) is 11.8 Å². The molecule has 25 heavy (non-hydrogen) atoms. The molecule has 0 spiro atoms. The molecule has 2 aromatic heterocycles. The van der Waals surface area contributed by atoms with E-state index in [1.165, 1.54) is 0 Å². The molecule has 2 aromatic rings. The molecule has 4 rings (SSSR count). The minimum absolute atomic E-state index is 0.117. The molecule has 2 fully saturated rings. The van der Waals surface area contributed by atoms with Gasteiger partial charge in [0.15, 0.2) is 0 Å². The fourth-order valence-electron chi connectivity index (χ4n) is 4.54. The standard InChI is InChI=1S/C20H25NO3S/c1-21(15-9-13-11-16(22)12-14(13)10-15)20(23)7-5-17-4-6-18(24-17)19-3-2-8-25-19/h2-4,6,8,13-16,22H,5,7,9-12H2,1H3/t13-,14+,15?,16?. The fourth-order valence-corrected chi connectivity index (χ4v) is 5.23. The van der Waals surface area contributed by atoms with E-state index in [0.717, 1.165) is 42.1 Å². The second kappa shape index (κ2) is 6.96. The van der Waals surface area contributed by atoms with Gasteiger partial charge in [-0.1, -0.05) is 6.07 Å². The number of carbonyl (C=O) groups is 1. The maximum atomic E-state index is 12.6. The average Bonchev–Trinajstić information content (AvgIpc) is 3.33. The SMILES string of the molecule is CN(C(=O)CCc1ccc(-c2cccs2)o1)C1C[C@H]2CC(O)C[C@H]2C1. The summed E-state index contributed by atoms with van der Waals surface area (Å²) in [6.45, 7) is 0. The predicted octanol–water partition coefficient (Wildman–Crippen LogP) is 3.95. The minimum atomic E-state index is -0.117. The van der Waals surface area contributed by atoms with E-state index < -0.39 is 0 Å². The van der Waals surface area contributed by atoms with Crippen LogP contribution in [0.15, 0.2) is 34.1 Å². The summed E-state index contributed by atoms with van der Waals surface area (Å²) in [5, 5.41) is 11.8. The van der Waals surface area contributed by atoms with E-state index in [0.29, 0.717) is 30.7 Å². The Bertz CT molecular complexity index is 709. The average molecular weight is 359 g/mol. The second-order valence-corrected chi connectivity index (χ2v) is 8.47. The lowest BCUT2D eigenvalue weighted by Gasteiger charge is -2.25. The van der Waals surface area contributed by atoms with Gasteiger partial charge in [0.25, 0.3) is 0 Å². The van der Waals surface area contributed by atoms with Gasteiger partial charge in [0.2, 0.25) is 5.91 Å². The number of furan rings is 1. The highest BCUT2D eigenvalue weighted by Gasteiger charge is 2.42. The highest BCUT2D eigenvalue weighted by Crippen LogP contribution is 2.45. The molecule has 134 valence electrons. The van der Waals surface area contributed by atoms with Crippen molar-refractivity contribution in [3.8, 4) is 10.6 Å².